The lowest BCUT2D eigenvalue weighted by molar-refractivity contribution is -0.134. The normalized spacial score (nSPS) is 11.0. The molecule has 0 saturated carbocycles. The van der Waals surface area contributed by atoms with Gasteiger partial charge in [0, 0.05) is 36.6 Å². The Morgan fingerprint density at radius 2 is 1.84 bits per heavy atom. The summed E-state index contributed by atoms with van der Waals surface area (Å²) in [6, 6.07) is 12.6. The third-order valence-electron chi connectivity index (χ3n) is 4.85. The Morgan fingerprint density at radius 3 is 2.42 bits per heavy atom. The van der Waals surface area contributed by atoms with E-state index in [4.69, 9.17) is 30.5 Å². The van der Waals surface area contributed by atoms with Crippen LogP contribution >= 0.6 is 0 Å². The van der Waals surface area contributed by atoms with E-state index < -0.39 is 24.6 Å². The van der Waals surface area contributed by atoms with Gasteiger partial charge in [-0.25, -0.2) is 19.2 Å². The SMILES string of the molecule is CC(=O)O.COc1cc(OCF)cc(C(Nc2ccc(C(=N)N)cc2)c2nn(-c3ncccn3)c(=O)[nH]2)c1. The van der Waals surface area contributed by atoms with Crippen molar-refractivity contribution in [3.05, 3.63) is 88.4 Å². The number of nitrogens with zero attached hydrogens (tertiary/aromatic N) is 4. The van der Waals surface area contributed by atoms with Crippen LogP contribution in [0.25, 0.3) is 5.95 Å². The number of aliphatic carboxylic acids is 1. The van der Waals surface area contributed by atoms with Crippen LogP contribution in [0.15, 0.2) is 65.7 Å². The fraction of sp³-hybridized carbons (Fsp3) is 0.167. The molecule has 0 spiro atoms. The second-order valence-electron chi connectivity index (χ2n) is 7.56. The van der Waals surface area contributed by atoms with Gasteiger partial charge < -0.3 is 25.6 Å². The summed E-state index contributed by atoms with van der Waals surface area (Å²) in [5.41, 5.74) is 6.78. The topological polar surface area (TPSA) is 194 Å². The van der Waals surface area contributed by atoms with Crippen molar-refractivity contribution in [1.29, 1.82) is 5.41 Å². The first-order valence-electron chi connectivity index (χ1n) is 11.0. The van der Waals surface area contributed by atoms with Crippen LogP contribution in [0.2, 0.25) is 0 Å². The summed E-state index contributed by atoms with van der Waals surface area (Å²) in [4.78, 5) is 32.5. The number of ether oxygens (including phenoxy) is 2. The molecule has 4 rings (SSSR count). The number of halogens is 1. The van der Waals surface area contributed by atoms with Crippen molar-refractivity contribution in [3.63, 3.8) is 0 Å². The van der Waals surface area contributed by atoms with Gasteiger partial charge >= 0.3 is 5.69 Å². The first-order valence-corrected chi connectivity index (χ1v) is 11.0. The molecule has 2 aromatic heterocycles. The number of nitrogens with one attached hydrogen (secondary N) is 3. The van der Waals surface area contributed by atoms with E-state index >= 15 is 0 Å². The molecule has 38 heavy (non-hydrogen) atoms. The molecule has 0 fully saturated rings. The first-order chi connectivity index (χ1) is 18.2. The van der Waals surface area contributed by atoms with Crippen molar-refractivity contribution >= 4 is 17.5 Å². The van der Waals surface area contributed by atoms with E-state index in [9.17, 15) is 9.18 Å². The van der Waals surface area contributed by atoms with E-state index in [1.165, 1.54) is 19.5 Å². The van der Waals surface area contributed by atoms with Crippen LogP contribution in [0.5, 0.6) is 11.5 Å². The smallest absolute Gasteiger partial charge is 0.350 e. The number of carboxylic acids is 1. The number of carboxylic acid groups (broad SMARTS) is 1. The van der Waals surface area contributed by atoms with Crippen LogP contribution < -0.4 is 26.2 Å². The molecular weight excluding hydrogens is 499 g/mol. The highest BCUT2D eigenvalue weighted by Gasteiger charge is 2.22. The molecule has 1 atom stereocenters. The average molecular weight is 525 g/mol. The van der Waals surface area contributed by atoms with Crippen molar-refractivity contribution < 1.29 is 23.8 Å². The van der Waals surface area contributed by atoms with E-state index in [-0.39, 0.29) is 23.4 Å². The van der Waals surface area contributed by atoms with Gasteiger partial charge in [0.15, 0.2) is 5.82 Å². The molecule has 0 aliphatic heterocycles. The third-order valence-corrected chi connectivity index (χ3v) is 4.85. The summed E-state index contributed by atoms with van der Waals surface area (Å²) >= 11 is 0. The van der Waals surface area contributed by atoms with E-state index in [2.05, 4.69) is 25.4 Å². The zero-order valence-electron chi connectivity index (χ0n) is 20.4. The van der Waals surface area contributed by atoms with Gasteiger partial charge in [0.05, 0.1) is 7.11 Å². The van der Waals surface area contributed by atoms with E-state index in [0.29, 0.717) is 22.6 Å². The van der Waals surface area contributed by atoms with Crippen LogP contribution in [-0.4, -0.2) is 55.6 Å². The quantitative estimate of drug-likeness (QED) is 0.160. The Bertz CT molecular complexity index is 1440. The van der Waals surface area contributed by atoms with Crippen LogP contribution in [0.1, 0.15) is 29.9 Å². The largest absolute Gasteiger partial charge is 0.497 e. The number of H-pyrrole nitrogens is 1. The summed E-state index contributed by atoms with van der Waals surface area (Å²) in [5, 5.41) is 22.7. The molecule has 2 heterocycles. The second kappa shape index (κ2) is 12.6. The van der Waals surface area contributed by atoms with Crippen LogP contribution in [-0.2, 0) is 4.79 Å². The number of nitrogen functional groups attached to an aromatic ring is 1. The molecule has 0 radical (unpaired) electrons. The Kier molecular flexibility index (Phi) is 9.07. The van der Waals surface area contributed by atoms with Crippen molar-refractivity contribution in [2.24, 2.45) is 5.73 Å². The van der Waals surface area contributed by atoms with Crippen LogP contribution in [0, 0.1) is 5.41 Å². The predicted molar refractivity (Wildman–Crippen MR) is 136 cm³/mol. The number of rotatable bonds is 9. The highest BCUT2D eigenvalue weighted by Crippen LogP contribution is 2.31. The van der Waals surface area contributed by atoms with Gasteiger partial charge in [0.1, 0.15) is 23.4 Å². The first kappa shape index (κ1) is 27.3. The zero-order valence-corrected chi connectivity index (χ0v) is 20.4. The van der Waals surface area contributed by atoms with Gasteiger partial charge in [-0.3, -0.25) is 15.2 Å². The minimum Gasteiger partial charge on any atom is -0.497 e. The van der Waals surface area contributed by atoms with Gasteiger partial charge in [-0.1, -0.05) is 0 Å². The van der Waals surface area contributed by atoms with E-state index in [1.807, 2.05) is 0 Å². The van der Waals surface area contributed by atoms with E-state index in [1.54, 1.807) is 48.5 Å². The number of aromatic nitrogens is 5. The van der Waals surface area contributed by atoms with Crippen LogP contribution in [0.4, 0.5) is 10.1 Å². The molecule has 14 heteroatoms. The molecule has 0 aliphatic rings. The molecule has 1 unspecified atom stereocenters. The van der Waals surface area contributed by atoms with Gasteiger partial charge in [-0.05, 0) is 48.0 Å². The zero-order chi connectivity index (χ0) is 27.7. The number of methoxy groups -OCH3 is 1. The van der Waals surface area contributed by atoms with Gasteiger partial charge in [0.25, 0.3) is 11.9 Å². The molecule has 198 valence electrons. The number of alkyl halides is 1. The number of amidine groups is 1. The number of hydrogen-bond donors (Lipinski definition) is 5. The standard InChI is InChI=1S/C22H21FN8O3.C2H4O2/c1-33-16-9-14(10-17(11-16)34-12-23)18(28-15-5-3-13(4-6-15)19(24)25)20-29-22(32)31(30-20)21-26-7-2-8-27-21;1-2(3)4/h2-11,18,28H,12H2,1H3,(H3,24,25)(H,29,30,32);1H3,(H,3,4). The molecule has 2 aromatic carbocycles. The Labute approximate surface area is 215 Å². The maximum Gasteiger partial charge on any atom is 0.350 e. The maximum atomic E-state index is 12.9. The molecule has 0 aliphatic carbocycles. The van der Waals surface area contributed by atoms with Crippen molar-refractivity contribution in [1.82, 2.24) is 24.7 Å². The summed E-state index contributed by atoms with van der Waals surface area (Å²) < 4.78 is 24.3. The summed E-state index contributed by atoms with van der Waals surface area (Å²) in [5.74, 6) is 0.116. The predicted octanol–water partition coefficient (Wildman–Crippen LogP) is 2.24. The fourth-order valence-corrected chi connectivity index (χ4v) is 3.25. The molecule has 0 saturated heterocycles. The van der Waals surface area contributed by atoms with Crippen molar-refractivity contribution in [2.45, 2.75) is 13.0 Å². The molecule has 4 aromatic rings. The lowest BCUT2D eigenvalue weighted by Gasteiger charge is -2.20. The van der Waals surface area contributed by atoms with Gasteiger partial charge in [-0.2, -0.15) is 0 Å². The molecule has 6 N–H and O–H groups in total. The second-order valence-corrected chi connectivity index (χ2v) is 7.56. The minimum absolute atomic E-state index is 0.0603. The Hall–Kier alpha value is -5.27. The van der Waals surface area contributed by atoms with Crippen molar-refractivity contribution in [2.75, 3.05) is 19.3 Å². The number of anilines is 1. The van der Waals surface area contributed by atoms with E-state index in [0.717, 1.165) is 11.6 Å². The van der Waals surface area contributed by atoms with Crippen molar-refractivity contribution in [3.8, 4) is 17.4 Å². The number of benzene rings is 2. The summed E-state index contributed by atoms with van der Waals surface area (Å²) in [6.07, 6.45) is 3.00. The summed E-state index contributed by atoms with van der Waals surface area (Å²) in [6.45, 7) is 0.0635. The number of carbonyl (C=O) groups is 1. The average Bonchev–Trinajstić information content (AvgIpc) is 3.28. The van der Waals surface area contributed by atoms with Crippen LogP contribution in [0.3, 0.4) is 0 Å². The monoisotopic (exact) mass is 524 g/mol. The molecule has 13 nitrogen and oxygen atoms in total. The highest BCUT2D eigenvalue weighted by molar-refractivity contribution is 5.95. The van der Waals surface area contributed by atoms with Gasteiger partial charge in [-0.15, -0.1) is 9.78 Å². The molecule has 0 bridgehead atoms. The Morgan fingerprint density at radius 1 is 1.21 bits per heavy atom. The third kappa shape index (κ3) is 7.13. The maximum absolute atomic E-state index is 12.9. The summed E-state index contributed by atoms with van der Waals surface area (Å²) in [7, 11) is 1.48. The number of hydrogen-bond acceptors (Lipinski definition) is 9. The molecular formula is C24H25FN8O5. The lowest BCUT2D eigenvalue weighted by atomic mass is 10.0. The fourth-order valence-electron chi connectivity index (χ4n) is 3.25. The number of nitrogens with two attached hydrogens (primary N) is 1. The minimum atomic E-state index is -1.02. The Balaban J connectivity index is 0.000000934. The highest BCUT2D eigenvalue weighted by atomic mass is 19.1. The lowest BCUT2D eigenvalue weighted by Crippen LogP contribution is -2.18. The molecule has 0 amide bonds. The number of aromatic amines is 1. The van der Waals surface area contributed by atoms with Gasteiger partial charge in [0.2, 0.25) is 6.86 Å².